The van der Waals surface area contributed by atoms with Gasteiger partial charge in [0, 0.05) is 24.3 Å². The van der Waals surface area contributed by atoms with Gasteiger partial charge in [0.05, 0.1) is 18.1 Å². The van der Waals surface area contributed by atoms with Crippen molar-refractivity contribution in [3.63, 3.8) is 0 Å². The first-order valence-electron chi connectivity index (χ1n) is 9.95. The van der Waals surface area contributed by atoms with Crippen LogP contribution in [-0.4, -0.2) is 62.2 Å². The van der Waals surface area contributed by atoms with Gasteiger partial charge in [-0.1, -0.05) is 30.3 Å². The number of hydrazine groups is 1. The van der Waals surface area contributed by atoms with Gasteiger partial charge >= 0.3 is 18.4 Å². The fourth-order valence-electron chi connectivity index (χ4n) is 3.14. The van der Waals surface area contributed by atoms with E-state index in [-0.39, 0.29) is 42.7 Å². The SMILES string of the molecule is O=C(NNC(=O)C(F)F)c1ccc(CN(C(=O)N2CCS(=O)(=O)CC2)c2ccccc2)cc1. The highest BCUT2D eigenvalue weighted by Gasteiger charge is 2.29. The number of halogens is 2. The molecule has 33 heavy (non-hydrogen) atoms. The molecule has 2 aromatic carbocycles. The van der Waals surface area contributed by atoms with Gasteiger partial charge in [0.2, 0.25) is 0 Å². The van der Waals surface area contributed by atoms with Gasteiger partial charge in [-0.25, -0.2) is 13.2 Å². The summed E-state index contributed by atoms with van der Waals surface area (Å²) in [6, 6.07) is 14.6. The second-order valence-corrected chi connectivity index (χ2v) is 9.59. The molecule has 1 aliphatic heterocycles. The van der Waals surface area contributed by atoms with Gasteiger partial charge < -0.3 is 4.90 Å². The highest BCUT2D eigenvalue weighted by atomic mass is 32.2. The maximum Gasteiger partial charge on any atom is 0.324 e. The van der Waals surface area contributed by atoms with E-state index >= 15 is 0 Å². The minimum absolute atomic E-state index is 0.0900. The third-order valence-electron chi connectivity index (χ3n) is 4.97. The number of carbonyl (C=O) groups is 3. The summed E-state index contributed by atoms with van der Waals surface area (Å²) in [6.45, 7) is 0.359. The van der Waals surface area contributed by atoms with Gasteiger partial charge in [0.1, 0.15) is 0 Å². The van der Waals surface area contributed by atoms with Crippen LogP contribution in [0.5, 0.6) is 0 Å². The Kier molecular flexibility index (Phi) is 7.59. The molecule has 0 aromatic heterocycles. The Morgan fingerprint density at radius 2 is 1.55 bits per heavy atom. The molecule has 0 radical (unpaired) electrons. The number of alkyl halides is 2. The minimum atomic E-state index is -3.26. The van der Waals surface area contributed by atoms with Crippen molar-refractivity contribution in [1.82, 2.24) is 15.8 Å². The number of urea groups is 1. The zero-order chi connectivity index (χ0) is 24.0. The van der Waals surface area contributed by atoms with Crippen molar-refractivity contribution in [2.75, 3.05) is 29.5 Å². The third-order valence-corrected chi connectivity index (χ3v) is 6.58. The van der Waals surface area contributed by atoms with Gasteiger partial charge in [-0.15, -0.1) is 0 Å². The number of hydrogen-bond acceptors (Lipinski definition) is 5. The number of rotatable bonds is 5. The number of nitrogens with one attached hydrogen (secondary N) is 2. The molecule has 1 aliphatic rings. The Morgan fingerprint density at radius 3 is 2.12 bits per heavy atom. The van der Waals surface area contributed by atoms with Gasteiger partial charge in [0.25, 0.3) is 5.91 Å². The molecule has 0 atom stereocenters. The molecule has 0 unspecified atom stereocenters. The van der Waals surface area contributed by atoms with Crippen molar-refractivity contribution in [3.8, 4) is 0 Å². The average molecular weight is 480 g/mol. The van der Waals surface area contributed by atoms with E-state index in [1.165, 1.54) is 21.9 Å². The molecular formula is C21H22F2N4O5S. The summed E-state index contributed by atoms with van der Waals surface area (Å²) in [6.07, 6.45) is -3.26. The van der Waals surface area contributed by atoms with Crippen LogP contribution in [-0.2, 0) is 21.2 Å². The van der Waals surface area contributed by atoms with E-state index in [1.54, 1.807) is 47.9 Å². The predicted molar refractivity (Wildman–Crippen MR) is 116 cm³/mol. The largest absolute Gasteiger partial charge is 0.324 e. The van der Waals surface area contributed by atoms with Crippen molar-refractivity contribution in [2.24, 2.45) is 0 Å². The lowest BCUT2D eigenvalue weighted by Crippen LogP contribution is -2.49. The molecule has 1 heterocycles. The summed E-state index contributed by atoms with van der Waals surface area (Å²) in [5.74, 6) is -2.58. The highest BCUT2D eigenvalue weighted by molar-refractivity contribution is 7.91. The first-order chi connectivity index (χ1) is 15.7. The molecule has 12 heteroatoms. The first-order valence-corrected chi connectivity index (χ1v) is 11.8. The van der Waals surface area contributed by atoms with E-state index in [4.69, 9.17) is 0 Å². The standard InChI is InChI=1S/C21H22F2N4O5S/c22-18(23)20(29)25-24-19(28)16-8-6-15(7-9-16)14-27(17-4-2-1-3-5-17)21(30)26-10-12-33(31,32)13-11-26/h1-9,18H,10-14H2,(H,24,28)(H,25,29). The first kappa shape index (κ1) is 24.1. The quantitative estimate of drug-likeness (QED) is 0.631. The third kappa shape index (κ3) is 6.48. The van der Waals surface area contributed by atoms with Crippen LogP contribution in [0.2, 0.25) is 0 Å². The topological polar surface area (TPSA) is 116 Å². The van der Waals surface area contributed by atoms with E-state index in [9.17, 15) is 31.6 Å². The van der Waals surface area contributed by atoms with Crippen molar-refractivity contribution in [3.05, 3.63) is 65.7 Å². The zero-order valence-corrected chi connectivity index (χ0v) is 18.2. The van der Waals surface area contributed by atoms with Crippen LogP contribution >= 0.6 is 0 Å². The Morgan fingerprint density at radius 1 is 0.939 bits per heavy atom. The molecule has 0 spiro atoms. The van der Waals surface area contributed by atoms with Crippen molar-refractivity contribution >= 4 is 33.4 Å². The fourth-order valence-corrected chi connectivity index (χ4v) is 4.34. The van der Waals surface area contributed by atoms with Crippen LogP contribution in [0.25, 0.3) is 0 Å². The van der Waals surface area contributed by atoms with E-state index < -0.39 is 28.1 Å². The van der Waals surface area contributed by atoms with Crippen LogP contribution < -0.4 is 15.8 Å². The summed E-state index contributed by atoms with van der Waals surface area (Å²) in [5, 5.41) is 0. The number of benzene rings is 2. The van der Waals surface area contributed by atoms with Gasteiger partial charge in [-0.05, 0) is 29.8 Å². The van der Waals surface area contributed by atoms with Crippen molar-refractivity contribution < 1.29 is 31.6 Å². The molecule has 9 nitrogen and oxygen atoms in total. The number of hydrogen-bond donors (Lipinski definition) is 2. The second-order valence-electron chi connectivity index (χ2n) is 7.28. The maximum atomic E-state index is 13.2. The van der Waals surface area contributed by atoms with Crippen LogP contribution in [0.4, 0.5) is 19.3 Å². The molecule has 2 N–H and O–H groups in total. The van der Waals surface area contributed by atoms with Crippen LogP contribution in [0.1, 0.15) is 15.9 Å². The molecule has 0 aliphatic carbocycles. The van der Waals surface area contributed by atoms with E-state index in [2.05, 4.69) is 0 Å². The number of sulfone groups is 1. The number of nitrogens with zero attached hydrogens (tertiary/aromatic N) is 2. The Labute approximate surface area is 189 Å². The van der Waals surface area contributed by atoms with Crippen molar-refractivity contribution in [2.45, 2.75) is 13.0 Å². The van der Waals surface area contributed by atoms with E-state index in [0.29, 0.717) is 11.3 Å². The van der Waals surface area contributed by atoms with Crippen LogP contribution in [0.3, 0.4) is 0 Å². The van der Waals surface area contributed by atoms with E-state index in [0.717, 1.165) is 0 Å². The summed E-state index contributed by atoms with van der Waals surface area (Å²) < 4.78 is 47.8. The van der Waals surface area contributed by atoms with E-state index in [1.807, 2.05) is 5.43 Å². The Hall–Kier alpha value is -3.54. The number of amides is 4. The zero-order valence-electron chi connectivity index (χ0n) is 17.4. The molecule has 0 saturated carbocycles. The normalized spacial score (nSPS) is 15.1. The number of anilines is 1. The Balaban J connectivity index is 1.72. The fraction of sp³-hybridized carbons (Fsp3) is 0.286. The number of carbonyl (C=O) groups excluding carboxylic acids is 3. The molecule has 1 fully saturated rings. The van der Waals surface area contributed by atoms with Gasteiger partial charge in [-0.2, -0.15) is 8.78 Å². The van der Waals surface area contributed by atoms with Crippen LogP contribution in [0, 0.1) is 0 Å². The summed E-state index contributed by atoms with van der Waals surface area (Å²) >= 11 is 0. The molecule has 4 amide bonds. The van der Waals surface area contributed by atoms with Gasteiger partial charge in [0.15, 0.2) is 9.84 Å². The van der Waals surface area contributed by atoms with Gasteiger partial charge in [-0.3, -0.25) is 25.3 Å². The summed E-state index contributed by atoms with van der Waals surface area (Å²) in [4.78, 5) is 39.1. The maximum absolute atomic E-state index is 13.2. The smallest absolute Gasteiger partial charge is 0.322 e. The summed E-state index contributed by atoms with van der Waals surface area (Å²) in [5.41, 5.74) is 4.92. The lowest BCUT2D eigenvalue weighted by molar-refractivity contribution is -0.132. The van der Waals surface area contributed by atoms with Crippen molar-refractivity contribution in [1.29, 1.82) is 0 Å². The number of para-hydroxylation sites is 1. The lowest BCUT2D eigenvalue weighted by Gasteiger charge is -2.33. The lowest BCUT2D eigenvalue weighted by atomic mass is 10.1. The second kappa shape index (κ2) is 10.4. The molecule has 0 bridgehead atoms. The molecule has 1 saturated heterocycles. The minimum Gasteiger partial charge on any atom is -0.322 e. The molecule has 176 valence electrons. The summed E-state index contributed by atoms with van der Waals surface area (Å²) in [7, 11) is -3.14. The molecule has 2 aromatic rings. The highest BCUT2D eigenvalue weighted by Crippen LogP contribution is 2.20. The molecular weight excluding hydrogens is 458 g/mol. The average Bonchev–Trinajstić information content (AvgIpc) is 2.81. The molecule has 3 rings (SSSR count). The Bertz CT molecular complexity index is 1100. The predicted octanol–water partition coefficient (Wildman–Crippen LogP) is 1.57. The monoisotopic (exact) mass is 480 g/mol. The van der Waals surface area contributed by atoms with Crippen LogP contribution in [0.15, 0.2) is 54.6 Å².